The highest BCUT2D eigenvalue weighted by Crippen LogP contribution is 2.28. The Hall–Kier alpha value is 0.130. The quantitative estimate of drug-likeness (QED) is 0.659. The van der Waals surface area contributed by atoms with Gasteiger partial charge in [0.15, 0.2) is 0 Å². The maximum absolute atomic E-state index is 10.7. The van der Waals surface area contributed by atoms with Crippen LogP contribution in [0.1, 0.15) is 20.3 Å². The fourth-order valence-corrected chi connectivity index (χ4v) is 2.64. The highest BCUT2D eigenvalue weighted by Gasteiger charge is 2.32. The molecular formula is C9H19NO2S2. The molecule has 0 aliphatic heterocycles. The molecule has 0 aromatic carbocycles. The van der Waals surface area contributed by atoms with Gasteiger partial charge in [0.2, 0.25) is 0 Å². The highest BCUT2D eigenvalue weighted by atomic mass is 32.2. The lowest BCUT2D eigenvalue weighted by atomic mass is 10.1. The predicted molar refractivity (Wildman–Crippen MR) is 65.1 cm³/mol. The topological polar surface area (TPSA) is 63.3 Å². The summed E-state index contributed by atoms with van der Waals surface area (Å²) >= 11 is 3.44. The fraction of sp³-hybridized carbons (Fsp3) is 0.889. The smallest absolute Gasteiger partial charge is 0.321 e. The molecule has 5 heteroatoms. The van der Waals surface area contributed by atoms with Crippen molar-refractivity contribution in [1.29, 1.82) is 0 Å². The Morgan fingerprint density at radius 1 is 1.50 bits per heavy atom. The maximum atomic E-state index is 10.7. The van der Waals surface area contributed by atoms with Gasteiger partial charge in [-0.1, -0.05) is 0 Å². The van der Waals surface area contributed by atoms with E-state index < -0.39 is 12.0 Å². The zero-order valence-electron chi connectivity index (χ0n) is 8.95. The Balaban J connectivity index is 3.88. The minimum atomic E-state index is -0.924. The fourth-order valence-electron chi connectivity index (χ4n) is 0.926. The molecule has 0 radical (unpaired) electrons. The molecule has 0 spiro atoms. The van der Waals surface area contributed by atoms with Crippen molar-refractivity contribution in [2.24, 2.45) is 5.73 Å². The summed E-state index contributed by atoms with van der Waals surface area (Å²) in [5, 5.41) is 8.78. The van der Waals surface area contributed by atoms with Gasteiger partial charge >= 0.3 is 5.97 Å². The van der Waals surface area contributed by atoms with E-state index in [1.54, 1.807) is 23.5 Å². The third-order valence-electron chi connectivity index (χ3n) is 1.98. The Morgan fingerprint density at radius 3 is 2.50 bits per heavy atom. The molecule has 0 bridgehead atoms. The largest absolute Gasteiger partial charge is 0.480 e. The highest BCUT2D eigenvalue weighted by molar-refractivity contribution is 8.01. The van der Waals surface area contributed by atoms with Gasteiger partial charge < -0.3 is 10.8 Å². The second-order valence-corrected chi connectivity index (χ2v) is 6.35. The molecule has 3 nitrogen and oxygen atoms in total. The first-order valence-corrected chi connectivity index (χ1v) is 6.91. The van der Waals surface area contributed by atoms with E-state index in [1.807, 2.05) is 13.8 Å². The van der Waals surface area contributed by atoms with Crippen molar-refractivity contribution in [3.63, 3.8) is 0 Å². The summed E-state index contributed by atoms with van der Waals surface area (Å²) < 4.78 is -0.385. The molecular weight excluding hydrogens is 218 g/mol. The second kappa shape index (κ2) is 6.58. The summed E-state index contributed by atoms with van der Waals surface area (Å²) in [6.07, 6.45) is 3.17. The van der Waals surface area contributed by atoms with Crippen LogP contribution in [0, 0.1) is 0 Å². The van der Waals surface area contributed by atoms with Crippen LogP contribution in [0.15, 0.2) is 0 Å². The number of nitrogens with two attached hydrogens (primary N) is 1. The maximum Gasteiger partial charge on any atom is 0.321 e. The van der Waals surface area contributed by atoms with Crippen molar-refractivity contribution < 1.29 is 9.90 Å². The standard InChI is InChI=1S/C9H19NO2S2/c1-9(2,7(10)8(11)12)14-6-4-5-13-3/h7H,4-6,10H2,1-3H3,(H,11,12)/t7-/m1/s1. The van der Waals surface area contributed by atoms with Crippen LogP contribution in [0.5, 0.6) is 0 Å². The van der Waals surface area contributed by atoms with Crippen LogP contribution in [0.3, 0.4) is 0 Å². The van der Waals surface area contributed by atoms with E-state index in [9.17, 15) is 4.79 Å². The molecule has 14 heavy (non-hydrogen) atoms. The van der Waals surface area contributed by atoms with Gasteiger partial charge in [0.05, 0.1) is 0 Å². The van der Waals surface area contributed by atoms with Crippen LogP contribution in [0.2, 0.25) is 0 Å². The van der Waals surface area contributed by atoms with Crippen LogP contribution in [-0.4, -0.2) is 39.6 Å². The number of carbonyl (C=O) groups is 1. The molecule has 0 rings (SSSR count). The molecule has 0 amide bonds. The van der Waals surface area contributed by atoms with Gasteiger partial charge in [-0.15, -0.1) is 0 Å². The molecule has 0 saturated heterocycles. The van der Waals surface area contributed by atoms with E-state index in [1.165, 1.54) is 0 Å². The van der Waals surface area contributed by atoms with Gasteiger partial charge in [-0.2, -0.15) is 23.5 Å². The zero-order valence-corrected chi connectivity index (χ0v) is 10.6. The van der Waals surface area contributed by atoms with Gasteiger partial charge in [-0.25, -0.2) is 0 Å². The molecule has 3 N–H and O–H groups in total. The number of aliphatic carboxylic acids is 1. The predicted octanol–water partition coefficient (Wildman–Crippen LogP) is 1.66. The third-order valence-corrected chi connectivity index (χ3v) is 4.17. The van der Waals surface area contributed by atoms with Gasteiger partial charge in [-0.05, 0) is 38.0 Å². The van der Waals surface area contributed by atoms with E-state index in [0.717, 1.165) is 17.9 Å². The van der Waals surface area contributed by atoms with Gasteiger partial charge in [0.25, 0.3) is 0 Å². The number of carboxylic acids is 1. The molecule has 0 saturated carbocycles. The molecule has 0 aromatic heterocycles. The Labute approximate surface area is 94.2 Å². The second-order valence-electron chi connectivity index (χ2n) is 3.61. The normalized spacial score (nSPS) is 14.0. The molecule has 84 valence electrons. The molecule has 0 fully saturated rings. The zero-order chi connectivity index (χ0) is 11.2. The summed E-state index contributed by atoms with van der Waals surface area (Å²) in [4.78, 5) is 10.7. The average Bonchev–Trinajstić information content (AvgIpc) is 2.11. The van der Waals surface area contributed by atoms with Crippen molar-refractivity contribution >= 4 is 29.5 Å². The van der Waals surface area contributed by atoms with Crippen molar-refractivity contribution in [3.05, 3.63) is 0 Å². The van der Waals surface area contributed by atoms with E-state index in [4.69, 9.17) is 10.8 Å². The average molecular weight is 237 g/mol. The van der Waals surface area contributed by atoms with Crippen LogP contribution in [-0.2, 0) is 4.79 Å². The summed E-state index contributed by atoms with van der Waals surface area (Å²) in [5.74, 6) is 1.16. The summed E-state index contributed by atoms with van der Waals surface area (Å²) in [7, 11) is 0. The van der Waals surface area contributed by atoms with Crippen LogP contribution < -0.4 is 5.73 Å². The first-order chi connectivity index (χ1) is 6.41. The summed E-state index contributed by atoms with van der Waals surface area (Å²) in [5.41, 5.74) is 5.58. The molecule has 0 aliphatic rings. The Kier molecular flexibility index (Phi) is 6.64. The van der Waals surface area contributed by atoms with Crippen molar-refractivity contribution in [2.45, 2.75) is 31.1 Å². The molecule has 0 heterocycles. The van der Waals surface area contributed by atoms with Crippen LogP contribution >= 0.6 is 23.5 Å². The number of hydrogen-bond acceptors (Lipinski definition) is 4. The lowest BCUT2D eigenvalue weighted by molar-refractivity contribution is -0.139. The molecule has 0 aromatic rings. The third kappa shape index (κ3) is 5.12. The molecule has 0 aliphatic carbocycles. The number of carboxylic acid groups (broad SMARTS) is 1. The van der Waals surface area contributed by atoms with E-state index in [-0.39, 0.29) is 4.75 Å². The minimum Gasteiger partial charge on any atom is -0.480 e. The molecule has 0 unspecified atom stereocenters. The van der Waals surface area contributed by atoms with Gasteiger partial charge in [0, 0.05) is 4.75 Å². The van der Waals surface area contributed by atoms with E-state index in [2.05, 4.69) is 6.26 Å². The summed E-state index contributed by atoms with van der Waals surface area (Å²) in [6.45, 7) is 3.77. The van der Waals surface area contributed by atoms with Crippen molar-refractivity contribution in [1.82, 2.24) is 0 Å². The minimum absolute atomic E-state index is 0.385. The number of rotatable bonds is 7. The number of hydrogen-bond donors (Lipinski definition) is 2. The Morgan fingerprint density at radius 2 is 2.07 bits per heavy atom. The van der Waals surface area contributed by atoms with E-state index in [0.29, 0.717) is 0 Å². The lowest BCUT2D eigenvalue weighted by Crippen LogP contribution is -2.46. The Bertz CT molecular complexity index is 186. The summed E-state index contributed by atoms with van der Waals surface area (Å²) in [6, 6.07) is -0.790. The van der Waals surface area contributed by atoms with Crippen molar-refractivity contribution in [3.8, 4) is 0 Å². The van der Waals surface area contributed by atoms with Crippen molar-refractivity contribution in [2.75, 3.05) is 17.8 Å². The SMILES string of the molecule is CSCCCSC(C)(C)[C@H](N)C(=O)O. The first-order valence-electron chi connectivity index (χ1n) is 4.53. The van der Waals surface area contributed by atoms with Gasteiger partial charge in [-0.3, -0.25) is 4.79 Å². The monoisotopic (exact) mass is 237 g/mol. The van der Waals surface area contributed by atoms with Crippen LogP contribution in [0.25, 0.3) is 0 Å². The number of thioether (sulfide) groups is 2. The lowest BCUT2D eigenvalue weighted by Gasteiger charge is -2.27. The van der Waals surface area contributed by atoms with Gasteiger partial charge in [0.1, 0.15) is 6.04 Å². The molecule has 1 atom stereocenters. The van der Waals surface area contributed by atoms with E-state index >= 15 is 0 Å². The first kappa shape index (κ1) is 14.1. The van der Waals surface area contributed by atoms with Crippen LogP contribution in [0.4, 0.5) is 0 Å².